The van der Waals surface area contributed by atoms with E-state index in [1.165, 1.54) is 12.8 Å². The van der Waals surface area contributed by atoms with E-state index in [-0.39, 0.29) is 17.7 Å². The molecule has 0 aromatic heterocycles. The summed E-state index contributed by atoms with van der Waals surface area (Å²) < 4.78 is 11.5. The minimum absolute atomic E-state index is 0.0529. The third-order valence-electron chi connectivity index (χ3n) is 5.00. The Kier molecular flexibility index (Phi) is 7.97. The van der Waals surface area contributed by atoms with E-state index in [1.807, 2.05) is 7.05 Å². The van der Waals surface area contributed by atoms with Gasteiger partial charge in [-0.25, -0.2) is 0 Å². The molecular weight excluding hydrogens is 316 g/mol. The molecule has 1 saturated heterocycles. The lowest BCUT2D eigenvalue weighted by Gasteiger charge is -2.45. The standard InChI is InChI=1S/C19H38N4O2/c1-15-11-23(12-16(2)25-15)19(3,4)14-22-18(20-5)21-9-6-10-24-13-17-7-8-17/h15-17H,6-14H2,1-5H3,(H2,20,21,22). The van der Waals surface area contributed by atoms with Crippen molar-refractivity contribution in [3.05, 3.63) is 0 Å². The number of nitrogens with one attached hydrogen (secondary N) is 2. The number of guanidine groups is 1. The first-order valence-electron chi connectivity index (χ1n) is 9.83. The van der Waals surface area contributed by atoms with Gasteiger partial charge in [0.05, 0.1) is 12.2 Å². The second-order valence-electron chi connectivity index (χ2n) is 8.20. The molecule has 0 aromatic carbocycles. The van der Waals surface area contributed by atoms with Crippen LogP contribution >= 0.6 is 0 Å². The van der Waals surface area contributed by atoms with Crippen LogP contribution in [-0.4, -0.2) is 75.0 Å². The lowest BCUT2D eigenvalue weighted by Crippen LogP contribution is -2.59. The van der Waals surface area contributed by atoms with Crippen LogP contribution in [0, 0.1) is 5.92 Å². The predicted octanol–water partition coefficient (Wildman–Crippen LogP) is 1.86. The second kappa shape index (κ2) is 9.74. The van der Waals surface area contributed by atoms with Crippen molar-refractivity contribution < 1.29 is 9.47 Å². The van der Waals surface area contributed by atoms with Crippen LogP contribution in [0.4, 0.5) is 0 Å². The maximum atomic E-state index is 5.85. The molecule has 1 heterocycles. The van der Waals surface area contributed by atoms with Crippen molar-refractivity contribution in [2.24, 2.45) is 10.9 Å². The fourth-order valence-corrected chi connectivity index (χ4v) is 3.22. The van der Waals surface area contributed by atoms with Gasteiger partial charge in [0.15, 0.2) is 5.96 Å². The molecule has 1 aliphatic carbocycles. The van der Waals surface area contributed by atoms with Crippen molar-refractivity contribution in [1.82, 2.24) is 15.5 Å². The summed E-state index contributed by atoms with van der Waals surface area (Å²) in [7, 11) is 1.82. The van der Waals surface area contributed by atoms with Crippen LogP contribution in [0.5, 0.6) is 0 Å². The summed E-state index contributed by atoms with van der Waals surface area (Å²) in [5.74, 6) is 1.71. The van der Waals surface area contributed by atoms with Gasteiger partial charge in [0.25, 0.3) is 0 Å². The molecule has 2 aliphatic rings. The van der Waals surface area contributed by atoms with Gasteiger partial charge in [-0.3, -0.25) is 9.89 Å². The van der Waals surface area contributed by atoms with Crippen LogP contribution in [0.2, 0.25) is 0 Å². The molecule has 0 bridgehead atoms. The van der Waals surface area contributed by atoms with E-state index in [0.29, 0.717) is 0 Å². The van der Waals surface area contributed by atoms with Crippen molar-refractivity contribution in [3.63, 3.8) is 0 Å². The van der Waals surface area contributed by atoms with Crippen LogP contribution in [-0.2, 0) is 9.47 Å². The smallest absolute Gasteiger partial charge is 0.191 e. The number of hydrogen-bond donors (Lipinski definition) is 2. The Hall–Kier alpha value is -0.850. The van der Waals surface area contributed by atoms with E-state index in [9.17, 15) is 0 Å². The highest BCUT2D eigenvalue weighted by atomic mass is 16.5. The van der Waals surface area contributed by atoms with Crippen LogP contribution in [0.1, 0.15) is 47.0 Å². The molecule has 6 nitrogen and oxygen atoms in total. The molecule has 2 rings (SSSR count). The van der Waals surface area contributed by atoms with Crippen molar-refractivity contribution in [2.75, 3.05) is 46.4 Å². The molecule has 25 heavy (non-hydrogen) atoms. The summed E-state index contributed by atoms with van der Waals surface area (Å²) in [4.78, 5) is 6.84. The zero-order valence-electron chi connectivity index (χ0n) is 16.8. The Balaban J connectivity index is 1.64. The lowest BCUT2D eigenvalue weighted by atomic mass is 10.00. The Bertz CT molecular complexity index is 414. The number of hydrogen-bond acceptors (Lipinski definition) is 4. The average Bonchev–Trinajstić information content (AvgIpc) is 3.37. The first-order chi connectivity index (χ1) is 11.9. The van der Waals surface area contributed by atoms with Crippen LogP contribution in [0.15, 0.2) is 4.99 Å². The molecular formula is C19H38N4O2. The molecule has 1 saturated carbocycles. The highest BCUT2D eigenvalue weighted by Gasteiger charge is 2.33. The Morgan fingerprint density at radius 1 is 1.20 bits per heavy atom. The van der Waals surface area contributed by atoms with Crippen molar-refractivity contribution in [3.8, 4) is 0 Å². The van der Waals surface area contributed by atoms with Gasteiger partial charge in [-0.1, -0.05) is 0 Å². The first-order valence-corrected chi connectivity index (χ1v) is 9.83. The number of aliphatic imine (C=N–C) groups is 1. The van der Waals surface area contributed by atoms with Gasteiger partial charge in [-0.05, 0) is 52.9 Å². The largest absolute Gasteiger partial charge is 0.381 e. The molecule has 1 aliphatic heterocycles. The van der Waals surface area contributed by atoms with E-state index < -0.39 is 0 Å². The topological polar surface area (TPSA) is 58.1 Å². The molecule has 0 aromatic rings. The maximum absolute atomic E-state index is 5.85. The summed E-state index contributed by atoms with van der Waals surface area (Å²) in [6, 6.07) is 0. The third-order valence-corrected chi connectivity index (χ3v) is 5.00. The molecule has 2 atom stereocenters. The van der Waals surface area contributed by atoms with Crippen molar-refractivity contribution >= 4 is 5.96 Å². The number of rotatable bonds is 9. The highest BCUT2D eigenvalue weighted by molar-refractivity contribution is 5.79. The van der Waals surface area contributed by atoms with E-state index >= 15 is 0 Å². The lowest BCUT2D eigenvalue weighted by molar-refractivity contribution is -0.0946. The predicted molar refractivity (Wildman–Crippen MR) is 103 cm³/mol. The summed E-state index contributed by atoms with van der Waals surface area (Å²) in [6.45, 7) is 14.3. The molecule has 0 amide bonds. The zero-order chi connectivity index (χ0) is 18.3. The van der Waals surface area contributed by atoms with Crippen molar-refractivity contribution in [1.29, 1.82) is 0 Å². The van der Waals surface area contributed by atoms with Crippen LogP contribution in [0.25, 0.3) is 0 Å². The minimum Gasteiger partial charge on any atom is -0.381 e. The van der Waals surface area contributed by atoms with Gasteiger partial charge in [-0.2, -0.15) is 0 Å². The normalized spacial score (nSPS) is 25.9. The maximum Gasteiger partial charge on any atom is 0.191 e. The quantitative estimate of drug-likeness (QED) is 0.376. The summed E-state index contributed by atoms with van der Waals surface area (Å²) in [6.07, 6.45) is 4.29. The van der Waals surface area contributed by atoms with Gasteiger partial charge in [-0.15, -0.1) is 0 Å². The van der Waals surface area contributed by atoms with E-state index in [4.69, 9.17) is 9.47 Å². The summed E-state index contributed by atoms with van der Waals surface area (Å²) in [5, 5.41) is 6.85. The Labute approximate surface area is 153 Å². The molecule has 0 spiro atoms. The van der Waals surface area contributed by atoms with Crippen molar-refractivity contribution in [2.45, 2.75) is 64.7 Å². The average molecular weight is 355 g/mol. The number of ether oxygens (including phenoxy) is 2. The first kappa shape index (κ1) is 20.5. The minimum atomic E-state index is 0.0529. The second-order valence-corrected chi connectivity index (χ2v) is 8.20. The van der Waals surface area contributed by atoms with E-state index in [1.54, 1.807) is 0 Å². The Morgan fingerprint density at radius 3 is 2.48 bits per heavy atom. The van der Waals surface area contributed by atoms with Crippen LogP contribution in [0.3, 0.4) is 0 Å². The van der Waals surface area contributed by atoms with Crippen LogP contribution < -0.4 is 10.6 Å². The van der Waals surface area contributed by atoms with Gasteiger partial charge < -0.3 is 20.1 Å². The highest BCUT2D eigenvalue weighted by Crippen LogP contribution is 2.28. The number of nitrogens with zero attached hydrogens (tertiary/aromatic N) is 2. The molecule has 0 radical (unpaired) electrons. The van der Waals surface area contributed by atoms with Gasteiger partial charge >= 0.3 is 0 Å². The fraction of sp³-hybridized carbons (Fsp3) is 0.947. The SMILES string of the molecule is CN=C(NCCCOCC1CC1)NCC(C)(C)N1CC(C)OC(C)C1. The third kappa shape index (κ3) is 7.50. The Morgan fingerprint density at radius 2 is 1.88 bits per heavy atom. The molecule has 6 heteroatoms. The van der Waals surface area contributed by atoms with E-state index in [2.05, 4.69) is 48.2 Å². The monoisotopic (exact) mass is 354 g/mol. The molecule has 2 unspecified atom stereocenters. The molecule has 2 N–H and O–H groups in total. The van der Waals surface area contributed by atoms with Gasteiger partial charge in [0.2, 0.25) is 0 Å². The van der Waals surface area contributed by atoms with Gasteiger partial charge in [0.1, 0.15) is 0 Å². The molecule has 146 valence electrons. The van der Waals surface area contributed by atoms with Gasteiger partial charge in [0, 0.05) is 52.0 Å². The summed E-state index contributed by atoms with van der Waals surface area (Å²) >= 11 is 0. The summed E-state index contributed by atoms with van der Waals surface area (Å²) in [5.41, 5.74) is 0.0529. The number of morpholine rings is 1. The van der Waals surface area contributed by atoms with E-state index in [0.717, 1.165) is 57.7 Å². The molecule has 2 fully saturated rings. The fourth-order valence-electron chi connectivity index (χ4n) is 3.22. The zero-order valence-corrected chi connectivity index (χ0v) is 16.8.